The maximum Gasteiger partial charge on any atom is 0.119 e. The average Bonchev–Trinajstić information content (AvgIpc) is 2.45. The fourth-order valence-corrected chi connectivity index (χ4v) is 2.74. The van der Waals surface area contributed by atoms with Gasteiger partial charge in [0.05, 0.1) is 19.3 Å². The van der Waals surface area contributed by atoms with E-state index in [1.54, 1.807) is 7.11 Å². The van der Waals surface area contributed by atoms with Gasteiger partial charge in [-0.05, 0) is 62.4 Å². The summed E-state index contributed by atoms with van der Waals surface area (Å²) >= 11 is 0. The van der Waals surface area contributed by atoms with Gasteiger partial charge in [-0.2, -0.15) is 0 Å². The summed E-state index contributed by atoms with van der Waals surface area (Å²) in [6, 6.07) is 8.16. The van der Waals surface area contributed by atoms with Crippen LogP contribution < -0.4 is 10.1 Å². The largest absolute Gasteiger partial charge is 0.497 e. The summed E-state index contributed by atoms with van der Waals surface area (Å²) in [5.74, 6) is 1.61. The summed E-state index contributed by atoms with van der Waals surface area (Å²) < 4.78 is 11.5. The van der Waals surface area contributed by atoms with Crippen molar-refractivity contribution >= 4 is 0 Å². The second-order valence-electron chi connectivity index (χ2n) is 6.52. The standard InChI is InChI=1S/C18H29NO2/c1-15(2)13-19-11-10-18(8-5-9-18)21-14-16-6-4-7-17(12-16)20-3/h4,6-7,12,15,19H,5,8-11,13-14H2,1-3H3. The Balaban J connectivity index is 1.78. The van der Waals surface area contributed by atoms with E-state index in [0.29, 0.717) is 12.5 Å². The van der Waals surface area contributed by atoms with Crippen LogP contribution in [0.3, 0.4) is 0 Å². The molecule has 1 saturated carbocycles. The Kier molecular flexibility index (Phi) is 6.07. The zero-order valence-corrected chi connectivity index (χ0v) is 13.7. The third-order valence-corrected chi connectivity index (χ3v) is 4.25. The lowest BCUT2D eigenvalue weighted by molar-refractivity contribution is -0.114. The smallest absolute Gasteiger partial charge is 0.119 e. The number of benzene rings is 1. The Hall–Kier alpha value is -1.06. The van der Waals surface area contributed by atoms with Crippen LogP contribution in [0.15, 0.2) is 24.3 Å². The Morgan fingerprint density at radius 2 is 2.10 bits per heavy atom. The van der Waals surface area contributed by atoms with E-state index in [4.69, 9.17) is 9.47 Å². The number of methoxy groups -OCH3 is 1. The Labute approximate surface area is 129 Å². The van der Waals surface area contributed by atoms with Crippen molar-refractivity contribution in [2.24, 2.45) is 5.92 Å². The highest BCUT2D eigenvalue weighted by Crippen LogP contribution is 2.39. The minimum Gasteiger partial charge on any atom is -0.497 e. The van der Waals surface area contributed by atoms with E-state index in [2.05, 4.69) is 31.3 Å². The van der Waals surface area contributed by atoms with E-state index in [1.807, 2.05) is 12.1 Å². The molecule has 1 aliphatic carbocycles. The van der Waals surface area contributed by atoms with E-state index < -0.39 is 0 Å². The maximum atomic E-state index is 6.26. The third kappa shape index (κ3) is 5.01. The van der Waals surface area contributed by atoms with Gasteiger partial charge in [0.1, 0.15) is 5.75 Å². The number of ether oxygens (including phenoxy) is 2. The first-order valence-electron chi connectivity index (χ1n) is 8.11. The van der Waals surface area contributed by atoms with Gasteiger partial charge in [0, 0.05) is 0 Å². The maximum absolute atomic E-state index is 6.26. The number of nitrogens with one attached hydrogen (secondary N) is 1. The molecular formula is C18H29NO2. The van der Waals surface area contributed by atoms with E-state index in [1.165, 1.54) is 24.8 Å². The molecule has 3 nitrogen and oxygen atoms in total. The summed E-state index contributed by atoms with van der Waals surface area (Å²) in [7, 11) is 1.70. The van der Waals surface area contributed by atoms with Gasteiger partial charge in [-0.3, -0.25) is 0 Å². The molecule has 0 bridgehead atoms. The summed E-state index contributed by atoms with van der Waals surface area (Å²) in [5, 5.41) is 3.53. The Bertz CT molecular complexity index is 427. The highest BCUT2D eigenvalue weighted by molar-refractivity contribution is 5.27. The predicted molar refractivity (Wildman–Crippen MR) is 86.7 cm³/mol. The molecule has 0 heterocycles. The van der Waals surface area contributed by atoms with Crippen molar-refractivity contribution in [3.63, 3.8) is 0 Å². The molecule has 1 aliphatic rings. The van der Waals surface area contributed by atoms with Crippen LogP contribution in [0.1, 0.15) is 45.1 Å². The van der Waals surface area contributed by atoms with Crippen LogP contribution in [0.5, 0.6) is 5.75 Å². The van der Waals surface area contributed by atoms with Gasteiger partial charge in [0.15, 0.2) is 0 Å². The first-order chi connectivity index (χ1) is 10.1. The van der Waals surface area contributed by atoms with Crippen molar-refractivity contribution in [2.75, 3.05) is 20.2 Å². The first kappa shape index (κ1) is 16.3. The highest BCUT2D eigenvalue weighted by atomic mass is 16.5. The molecule has 1 N–H and O–H groups in total. The minimum absolute atomic E-state index is 0.104. The lowest BCUT2D eigenvalue weighted by Crippen LogP contribution is -2.42. The molecule has 2 rings (SSSR count). The van der Waals surface area contributed by atoms with Gasteiger partial charge in [-0.25, -0.2) is 0 Å². The molecular weight excluding hydrogens is 262 g/mol. The van der Waals surface area contributed by atoms with Crippen LogP contribution in [-0.2, 0) is 11.3 Å². The summed E-state index contributed by atoms with van der Waals surface area (Å²) in [5.41, 5.74) is 1.29. The van der Waals surface area contributed by atoms with Gasteiger partial charge in [0.25, 0.3) is 0 Å². The molecule has 0 aromatic heterocycles. The second-order valence-corrected chi connectivity index (χ2v) is 6.52. The lowest BCUT2D eigenvalue weighted by Gasteiger charge is -2.42. The predicted octanol–water partition coefficient (Wildman–Crippen LogP) is 3.77. The van der Waals surface area contributed by atoms with Crippen LogP contribution >= 0.6 is 0 Å². The molecule has 0 spiro atoms. The summed E-state index contributed by atoms with van der Waals surface area (Å²) in [6.45, 7) is 7.31. The topological polar surface area (TPSA) is 30.5 Å². The number of hydrogen-bond acceptors (Lipinski definition) is 3. The zero-order valence-electron chi connectivity index (χ0n) is 13.7. The van der Waals surface area contributed by atoms with E-state index in [-0.39, 0.29) is 5.60 Å². The van der Waals surface area contributed by atoms with Crippen molar-refractivity contribution in [1.82, 2.24) is 5.32 Å². The molecule has 0 unspecified atom stereocenters. The summed E-state index contributed by atoms with van der Waals surface area (Å²) in [6.07, 6.45) is 4.80. The number of rotatable bonds is 9. The molecule has 118 valence electrons. The molecule has 0 amide bonds. The van der Waals surface area contributed by atoms with Crippen molar-refractivity contribution in [3.8, 4) is 5.75 Å². The van der Waals surface area contributed by atoms with Crippen LogP contribution in [-0.4, -0.2) is 25.8 Å². The molecule has 1 fully saturated rings. The summed E-state index contributed by atoms with van der Waals surface area (Å²) in [4.78, 5) is 0. The quantitative estimate of drug-likeness (QED) is 0.703. The fraction of sp³-hybridized carbons (Fsp3) is 0.667. The van der Waals surface area contributed by atoms with Gasteiger partial charge in [-0.15, -0.1) is 0 Å². The van der Waals surface area contributed by atoms with Gasteiger partial charge < -0.3 is 14.8 Å². The fourth-order valence-electron chi connectivity index (χ4n) is 2.74. The first-order valence-corrected chi connectivity index (χ1v) is 8.11. The van der Waals surface area contributed by atoms with E-state index >= 15 is 0 Å². The zero-order chi connectivity index (χ0) is 15.1. The molecule has 0 radical (unpaired) electrons. The van der Waals surface area contributed by atoms with Crippen LogP contribution in [0.25, 0.3) is 0 Å². The van der Waals surface area contributed by atoms with Crippen molar-refractivity contribution in [2.45, 2.75) is 51.7 Å². The van der Waals surface area contributed by atoms with E-state index in [9.17, 15) is 0 Å². The normalized spacial score (nSPS) is 16.8. The highest BCUT2D eigenvalue weighted by Gasteiger charge is 2.37. The van der Waals surface area contributed by atoms with Gasteiger partial charge in [-0.1, -0.05) is 26.0 Å². The second kappa shape index (κ2) is 7.81. The molecule has 0 saturated heterocycles. The van der Waals surface area contributed by atoms with E-state index in [0.717, 1.165) is 25.3 Å². The SMILES string of the molecule is COc1cccc(COC2(CCNCC(C)C)CCC2)c1. The average molecular weight is 291 g/mol. The van der Waals surface area contributed by atoms with Gasteiger partial charge in [0.2, 0.25) is 0 Å². The molecule has 1 aromatic carbocycles. The monoisotopic (exact) mass is 291 g/mol. The van der Waals surface area contributed by atoms with Crippen LogP contribution in [0.2, 0.25) is 0 Å². The lowest BCUT2D eigenvalue weighted by atomic mass is 9.77. The van der Waals surface area contributed by atoms with Crippen molar-refractivity contribution in [3.05, 3.63) is 29.8 Å². The third-order valence-electron chi connectivity index (χ3n) is 4.25. The number of hydrogen-bond donors (Lipinski definition) is 1. The molecule has 0 aliphatic heterocycles. The molecule has 3 heteroatoms. The molecule has 0 atom stereocenters. The van der Waals surface area contributed by atoms with Gasteiger partial charge >= 0.3 is 0 Å². The Morgan fingerprint density at radius 3 is 2.71 bits per heavy atom. The molecule has 21 heavy (non-hydrogen) atoms. The molecule has 1 aromatic rings. The van der Waals surface area contributed by atoms with Crippen LogP contribution in [0.4, 0.5) is 0 Å². The minimum atomic E-state index is 0.104. The van der Waals surface area contributed by atoms with Crippen LogP contribution in [0, 0.1) is 5.92 Å². The van der Waals surface area contributed by atoms with Crippen molar-refractivity contribution < 1.29 is 9.47 Å². The Morgan fingerprint density at radius 1 is 1.29 bits per heavy atom. The van der Waals surface area contributed by atoms with Crippen molar-refractivity contribution in [1.29, 1.82) is 0 Å².